The number of benzene rings is 2. The molecule has 142 valence electrons. The van der Waals surface area contributed by atoms with Gasteiger partial charge in [0.25, 0.3) is 0 Å². The molecule has 0 spiro atoms. The lowest BCUT2D eigenvalue weighted by Crippen LogP contribution is -2.45. The number of nitriles is 1. The largest absolute Gasteiger partial charge is 0.353 e. The molecule has 0 heterocycles. The molecule has 1 amide bonds. The lowest BCUT2D eigenvalue weighted by atomic mass is 9.76. The highest BCUT2D eigenvalue weighted by molar-refractivity contribution is 5.86. The van der Waals surface area contributed by atoms with E-state index in [9.17, 15) is 27.6 Å². The summed E-state index contributed by atoms with van der Waals surface area (Å²) in [5.41, 5.74) is 2.16. The highest BCUT2D eigenvalue weighted by atomic mass is 19.1. The zero-order valence-corrected chi connectivity index (χ0v) is 14.2. The molecule has 0 saturated heterocycles. The minimum atomic E-state index is -2.14. The minimum absolute atomic E-state index is 0.0121. The number of rotatable bonds is 7. The molecular weight excluding hydrogens is 362 g/mol. The molecule has 0 aliphatic heterocycles. The van der Waals surface area contributed by atoms with Crippen LogP contribution < -0.4 is 11.1 Å². The van der Waals surface area contributed by atoms with Crippen LogP contribution in [0.25, 0.3) is 0 Å². The van der Waals surface area contributed by atoms with Gasteiger partial charge in [-0.2, -0.15) is 5.26 Å². The molecule has 0 fully saturated rings. The SMILES string of the molecule is N#CC(Cc1c(F)cccc1F)(Cc1c(F)cccc1F)C(=O)NCCN. The molecule has 0 aliphatic carbocycles. The predicted molar refractivity (Wildman–Crippen MR) is 90.2 cm³/mol. The molecule has 2 aromatic carbocycles. The molecule has 0 saturated carbocycles. The van der Waals surface area contributed by atoms with E-state index in [2.05, 4.69) is 5.32 Å². The molecule has 0 atom stereocenters. The molecule has 0 aromatic heterocycles. The summed E-state index contributed by atoms with van der Waals surface area (Å²) in [4.78, 5) is 12.6. The molecule has 0 unspecified atom stereocenters. The summed E-state index contributed by atoms with van der Waals surface area (Å²) in [5.74, 6) is -4.77. The van der Waals surface area contributed by atoms with Crippen LogP contribution in [-0.4, -0.2) is 19.0 Å². The number of hydrogen-bond acceptors (Lipinski definition) is 3. The number of carbonyl (C=O) groups excluding carboxylic acids is 1. The molecule has 2 rings (SSSR count). The predicted octanol–water partition coefficient (Wildman–Crippen LogP) is 2.61. The Balaban J connectivity index is 2.54. The van der Waals surface area contributed by atoms with Gasteiger partial charge in [0.1, 0.15) is 28.7 Å². The Bertz CT molecular complexity index is 786. The van der Waals surface area contributed by atoms with Gasteiger partial charge in [-0.25, -0.2) is 17.6 Å². The Labute approximate surface area is 153 Å². The highest BCUT2D eigenvalue weighted by Gasteiger charge is 2.42. The van der Waals surface area contributed by atoms with Gasteiger partial charge in [-0.1, -0.05) is 12.1 Å². The van der Waals surface area contributed by atoms with Gasteiger partial charge in [0.2, 0.25) is 5.91 Å². The lowest BCUT2D eigenvalue weighted by molar-refractivity contribution is -0.128. The average molecular weight is 379 g/mol. The molecule has 0 bridgehead atoms. The van der Waals surface area contributed by atoms with Crippen molar-refractivity contribution >= 4 is 5.91 Å². The first-order valence-corrected chi connectivity index (χ1v) is 8.10. The van der Waals surface area contributed by atoms with E-state index in [-0.39, 0.29) is 13.1 Å². The fraction of sp³-hybridized carbons (Fsp3) is 0.263. The van der Waals surface area contributed by atoms with Crippen LogP contribution in [-0.2, 0) is 17.6 Å². The first kappa shape index (κ1) is 20.4. The maximum absolute atomic E-state index is 14.1. The van der Waals surface area contributed by atoms with Crippen LogP contribution in [0, 0.1) is 40.0 Å². The Morgan fingerprint density at radius 1 is 0.963 bits per heavy atom. The second kappa shape index (κ2) is 8.64. The third kappa shape index (κ3) is 4.44. The van der Waals surface area contributed by atoms with Gasteiger partial charge in [0.15, 0.2) is 0 Å². The summed E-state index contributed by atoms with van der Waals surface area (Å²) in [6.07, 6.45) is -1.40. The van der Waals surface area contributed by atoms with Crippen LogP contribution in [0.2, 0.25) is 0 Å². The number of nitrogens with two attached hydrogens (primary N) is 1. The second-order valence-corrected chi connectivity index (χ2v) is 5.99. The van der Waals surface area contributed by atoms with Gasteiger partial charge in [0, 0.05) is 37.1 Å². The summed E-state index contributed by atoms with van der Waals surface area (Å²) in [5, 5.41) is 12.1. The monoisotopic (exact) mass is 379 g/mol. The number of hydrogen-bond donors (Lipinski definition) is 2. The maximum Gasteiger partial charge on any atom is 0.241 e. The molecule has 8 heteroatoms. The van der Waals surface area contributed by atoms with E-state index >= 15 is 0 Å². The fourth-order valence-electron chi connectivity index (χ4n) is 2.71. The quantitative estimate of drug-likeness (QED) is 0.726. The Morgan fingerprint density at radius 3 is 1.70 bits per heavy atom. The average Bonchev–Trinajstić information content (AvgIpc) is 2.64. The van der Waals surface area contributed by atoms with Crippen molar-refractivity contribution in [2.75, 3.05) is 13.1 Å². The van der Waals surface area contributed by atoms with Crippen LogP contribution >= 0.6 is 0 Å². The van der Waals surface area contributed by atoms with E-state index in [0.717, 1.165) is 36.4 Å². The Morgan fingerprint density at radius 2 is 1.37 bits per heavy atom. The Hall–Kier alpha value is -2.92. The van der Waals surface area contributed by atoms with Gasteiger partial charge < -0.3 is 11.1 Å². The molecule has 3 N–H and O–H groups in total. The van der Waals surface area contributed by atoms with Crippen LogP contribution in [0.15, 0.2) is 36.4 Å². The molecule has 27 heavy (non-hydrogen) atoms. The van der Waals surface area contributed by atoms with Crippen molar-refractivity contribution in [2.24, 2.45) is 11.1 Å². The van der Waals surface area contributed by atoms with Crippen molar-refractivity contribution < 1.29 is 22.4 Å². The number of halogens is 4. The first-order chi connectivity index (χ1) is 12.8. The lowest BCUT2D eigenvalue weighted by Gasteiger charge is -2.26. The maximum atomic E-state index is 14.1. The van der Waals surface area contributed by atoms with E-state index in [0.29, 0.717) is 0 Å². The minimum Gasteiger partial charge on any atom is -0.353 e. The second-order valence-electron chi connectivity index (χ2n) is 5.99. The third-order valence-corrected chi connectivity index (χ3v) is 4.16. The van der Waals surface area contributed by atoms with Crippen molar-refractivity contribution in [3.05, 3.63) is 70.8 Å². The molecular formula is C19H17F4N3O. The van der Waals surface area contributed by atoms with Crippen LogP contribution in [0.5, 0.6) is 0 Å². The molecule has 0 radical (unpaired) electrons. The summed E-state index contributed by atoms with van der Waals surface area (Å²) in [6.45, 7) is 0.0388. The molecule has 0 aliphatic rings. The van der Waals surface area contributed by atoms with Gasteiger partial charge >= 0.3 is 0 Å². The fourth-order valence-corrected chi connectivity index (χ4v) is 2.71. The number of amides is 1. The summed E-state index contributed by atoms with van der Waals surface area (Å²) >= 11 is 0. The van der Waals surface area contributed by atoms with Crippen LogP contribution in [0.3, 0.4) is 0 Å². The van der Waals surface area contributed by atoms with Gasteiger partial charge in [-0.15, -0.1) is 0 Å². The zero-order chi connectivity index (χ0) is 20.0. The van der Waals surface area contributed by atoms with Crippen molar-refractivity contribution in [3.8, 4) is 6.07 Å². The van der Waals surface area contributed by atoms with E-state index < -0.39 is 58.6 Å². The molecule has 2 aromatic rings. The van der Waals surface area contributed by atoms with Gasteiger partial charge in [-0.3, -0.25) is 4.79 Å². The normalized spacial score (nSPS) is 11.1. The van der Waals surface area contributed by atoms with Gasteiger partial charge in [-0.05, 0) is 24.3 Å². The zero-order valence-electron chi connectivity index (χ0n) is 14.2. The summed E-state index contributed by atoms with van der Waals surface area (Å²) in [7, 11) is 0. The van der Waals surface area contributed by atoms with Crippen LogP contribution in [0.4, 0.5) is 17.6 Å². The summed E-state index contributed by atoms with van der Waals surface area (Å²) in [6, 6.07) is 7.87. The van der Waals surface area contributed by atoms with E-state index in [1.54, 1.807) is 6.07 Å². The number of nitrogens with one attached hydrogen (secondary N) is 1. The van der Waals surface area contributed by atoms with Crippen molar-refractivity contribution in [2.45, 2.75) is 12.8 Å². The smallest absolute Gasteiger partial charge is 0.241 e. The van der Waals surface area contributed by atoms with Crippen molar-refractivity contribution in [1.29, 1.82) is 5.26 Å². The van der Waals surface area contributed by atoms with E-state index in [1.807, 2.05) is 0 Å². The summed E-state index contributed by atoms with van der Waals surface area (Å²) < 4.78 is 56.3. The standard InChI is InChI=1S/C19H17F4N3O/c20-14-3-1-4-15(21)12(14)9-19(11-25,18(27)26-8-7-24)10-13-16(22)5-2-6-17(13)23/h1-6H,7-10,24H2,(H,26,27). The Kier molecular flexibility index (Phi) is 6.53. The van der Waals surface area contributed by atoms with E-state index in [1.165, 1.54) is 0 Å². The topological polar surface area (TPSA) is 78.9 Å². The van der Waals surface area contributed by atoms with Crippen LogP contribution in [0.1, 0.15) is 11.1 Å². The highest BCUT2D eigenvalue weighted by Crippen LogP contribution is 2.32. The van der Waals surface area contributed by atoms with E-state index in [4.69, 9.17) is 5.73 Å². The third-order valence-electron chi connectivity index (χ3n) is 4.16. The van der Waals surface area contributed by atoms with Crippen molar-refractivity contribution in [1.82, 2.24) is 5.32 Å². The first-order valence-electron chi connectivity index (χ1n) is 8.10. The molecule has 4 nitrogen and oxygen atoms in total. The van der Waals surface area contributed by atoms with Gasteiger partial charge in [0.05, 0.1) is 6.07 Å². The number of nitrogens with zero attached hydrogens (tertiary/aromatic N) is 1. The number of carbonyl (C=O) groups is 1. The van der Waals surface area contributed by atoms with Crippen molar-refractivity contribution in [3.63, 3.8) is 0 Å².